The van der Waals surface area contributed by atoms with Crippen LogP contribution in [0.1, 0.15) is 12.5 Å². The first kappa shape index (κ1) is 17.4. The molecule has 0 saturated heterocycles. The van der Waals surface area contributed by atoms with Gasteiger partial charge in [0.05, 0.1) is 18.7 Å². The first-order chi connectivity index (χ1) is 12.2. The molecule has 2 heterocycles. The van der Waals surface area contributed by atoms with Gasteiger partial charge in [-0.2, -0.15) is 0 Å². The number of benzene rings is 1. The minimum Gasteiger partial charge on any atom is -0.478 e. The average Bonchev–Trinajstić information content (AvgIpc) is 3.06. The fourth-order valence-electron chi connectivity index (χ4n) is 2.24. The predicted molar refractivity (Wildman–Crippen MR) is 100 cm³/mol. The van der Waals surface area contributed by atoms with Crippen LogP contribution >= 0.6 is 22.9 Å². The zero-order valence-corrected chi connectivity index (χ0v) is 15.1. The van der Waals surface area contributed by atoms with Crippen molar-refractivity contribution in [1.82, 2.24) is 9.97 Å². The van der Waals surface area contributed by atoms with E-state index in [2.05, 4.69) is 15.3 Å². The van der Waals surface area contributed by atoms with Gasteiger partial charge in [0.15, 0.2) is 5.13 Å². The van der Waals surface area contributed by atoms with Crippen LogP contribution in [0.3, 0.4) is 0 Å². The normalized spacial score (nSPS) is 10.5. The smallest absolute Gasteiger partial charge is 0.230 e. The van der Waals surface area contributed by atoms with E-state index in [0.717, 1.165) is 16.8 Å². The number of hydrogen-bond acceptors (Lipinski definition) is 5. The molecule has 0 saturated carbocycles. The highest BCUT2D eigenvalue weighted by molar-refractivity contribution is 7.14. The molecule has 7 heteroatoms. The predicted octanol–water partition coefficient (Wildman–Crippen LogP) is 4.44. The molecule has 0 unspecified atom stereocenters. The van der Waals surface area contributed by atoms with Crippen LogP contribution < -0.4 is 10.1 Å². The quantitative estimate of drug-likeness (QED) is 0.693. The van der Waals surface area contributed by atoms with E-state index in [1.807, 2.05) is 42.6 Å². The lowest BCUT2D eigenvalue weighted by molar-refractivity contribution is -0.115. The Morgan fingerprint density at radius 1 is 1.32 bits per heavy atom. The average molecular weight is 374 g/mol. The number of hydrogen-bond donors (Lipinski definition) is 1. The van der Waals surface area contributed by atoms with E-state index in [4.69, 9.17) is 16.3 Å². The number of pyridine rings is 1. The summed E-state index contributed by atoms with van der Waals surface area (Å²) in [6.07, 6.45) is 1.88. The lowest BCUT2D eigenvalue weighted by atomic mass is 10.1. The zero-order chi connectivity index (χ0) is 17.6. The van der Waals surface area contributed by atoms with E-state index in [1.54, 1.807) is 12.3 Å². The molecule has 0 spiro atoms. The van der Waals surface area contributed by atoms with Gasteiger partial charge in [0, 0.05) is 28.2 Å². The Labute approximate surface area is 154 Å². The van der Waals surface area contributed by atoms with Gasteiger partial charge in [-0.05, 0) is 24.6 Å². The topological polar surface area (TPSA) is 64.1 Å². The summed E-state index contributed by atoms with van der Waals surface area (Å²) in [5.41, 5.74) is 2.44. The standard InChI is InChI=1S/C18H16ClN3O2S/c1-2-24-17-10-13(7-8-20-17)15-11-25-18(21-15)22-16(23)9-12-5-3-4-6-14(12)19/h3-8,10-11H,2,9H2,1H3,(H,21,22,23). The van der Waals surface area contributed by atoms with Crippen molar-refractivity contribution in [2.45, 2.75) is 13.3 Å². The Morgan fingerprint density at radius 3 is 2.96 bits per heavy atom. The molecule has 0 aliphatic heterocycles. The van der Waals surface area contributed by atoms with Crippen LogP contribution in [0.15, 0.2) is 48.0 Å². The highest BCUT2D eigenvalue weighted by Gasteiger charge is 2.11. The summed E-state index contributed by atoms with van der Waals surface area (Å²) in [4.78, 5) is 20.8. The molecule has 1 N–H and O–H groups in total. The number of ether oxygens (including phenoxy) is 1. The fourth-order valence-corrected chi connectivity index (χ4v) is 3.18. The fraction of sp³-hybridized carbons (Fsp3) is 0.167. The molecule has 0 fully saturated rings. The Hall–Kier alpha value is -2.44. The van der Waals surface area contributed by atoms with Crippen molar-refractivity contribution in [1.29, 1.82) is 0 Å². The van der Waals surface area contributed by atoms with Gasteiger partial charge in [0.1, 0.15) is 0 Å². The number of halogens is 1. The van der Waals surface area contributed by atoms with E-state index in [1.165, 1.54) is 11.3 Å². The third-order valence-corrected chi connectivity index (χ3v) is 4.51. The maximum Gasteiger partial charge on any atom is 0.230 e. The van der Waals surface area contributed by atoms with Crippen molar-refractivity contribution >= 4 is 34.0 Å². The summed E-state index contributed by atoms with van der Waals surface area (Å²) < 4.78 is 5.40. The van der Waals surface area contributed by atoms with E-state index in [-0.39, 0.29) is 12.3 Å². The second-order valence-corrected chi connectivity index (χ2v) is 6.44. The molecule has 3 rings (SSSR count). The molecule has 0 bridgehead atoms. The SMILES string of the molecule is CCOc1cc(-c2csc(NC(=O)Cc3ccccc3Cl)n2)ccn1. The van der Waals surface area contributed by atoms with Crippen molar-refractivity contribution in [2.75, 3.05) is 11.9 Å². The number of aromatic nitrogens is 2. The van der Waals surface area contributed by atoms with Crippen LogP contribution in [0.5, 0.6) is 5.88 Å². The Balaban J connectivity index is 1.68. The van der Waals surface area contributed by atoms with E-state index in [0.29, 0.717) is 22.6 Å². The van der Waals surface area contributed by atoms with Crippen LogP contribution in [0.2, 0.25) is 5.02 Å². The lowest BCUT2D eigenvalue weighted by Gasteiger charge is -2.04. The molecule has 2 aromatic heterocycles. The van der Waals surface area contributed by atoms with Crippen LogP contribution in [-0.2, 0) is 11.2 Å². The third-order valence-electron chi connectivity index (χ3n) is 3.38. The summed E-state index contributed by atoms with van der Waals surface area (Å²) in [7, 11) is 0. The van der Waals surface area contributed by atoms with Gasteiger partial charge >= 0.3 is 0 Å². The van der Waals surface area contributed by atoms with Crippen molar-refractivity contribution in [3.8, 4) is 17.1 Å². The minimum atomic E-state index is -0.154. The van der Waals surface area contributed by atoms with Crippen molar-refractivity contribution < 1.29 is 9.53 Å². The number of nitrogens with zero attached hydrogens (tertiary/aromatic N) is 2. The number of anilines is 1. The summed E-state index contributed by atoms with van der Waals surface area (Å²) in [5.74, 6) is 0.399. The van der Waals surface area contributed by atoms with Gasteiger partial charge < -0.3 is 10.1 Å². The van der Waals surface area contributed by atoms with Crippen LogP contribution in [0.4, 0.5) is 5.13 Å². The number of amides is 1. The maximum absolute atomic E-state index is 12.2. The van der Waals surface area contributed by atoms with Gasteiger partial charge in [-0.15, -0.1) is 11.3 Å². The van der Waals surface area contributed by atoms with E-state index >= 15 is 0 Å². The van der Waals surface area contributed by atoms with Crippen LogP contribution in [-0.4, -0.2) is 22.5 Å². The zero-order valence-electron chi connectivity index (χ0n) is 13.5. The molecular weight excluding hydrogens is 358 g/mol. The first-order valence-corrected chi connectivity index (χ1v) is 8.99. The Bertz CT molecular complexity index is 882. The van der Waals surface area contributed by atoms with Crippen molar-refractivity contribution in [3.63, 3.8) is 0 Å². The molecule has 1 amide bonds. The lowest BCUT2D eigenvalue weighted by Crippen LogP contribution is -2.14. The van der Waals surface area contributed by atoms with Gasteiger partial charge in [0.2, 0.25) is 11.8 Å². The molecule has 0 atom stereocenters. The van der Waals surface area contributed by atoms with Gasteiger partial charge in [0.25, 0.3) is 0 Å². The number of nitrogens with one attached hydrogen (secondary N) is 1. The van der Waals surface area contributed by atoms with Crippen molar-refractivity contribution in [2.24, 2.45) is 0 Å². The molecule has 128 valence electrons. The summed E-state index contributed by atoms with van der Waals surface area (Å²) in [6.45, 7) is 2.46. The van der Waals surface area contributed by atoms with Gasteiger partial charge in [-0.1, -0.05) is 29.8 Å². The first-order valence-electron chi connectivity index (χ1n) is 7.73. The van der Waals surface area contributed by atoms with Gasteiger partial charge in [-0.25, -0.2) is 9.97 Å². The molecule has 0 radical (unpaired) electrons. The minimum absolute atomic E-state index is 0.154. The Morgan fingerprint density at radius 2 is 2.16 bits per heavy atom. The monoisotopic (exact) mass is 373 g/mol. The highest BCUT2D eigenvalue weighted by atomic mass is 35.5. The Kier molecular flexibility index (Phi) is 5.63. The van der Waals surface area contributed by atoms with Crippen molar-refractivity contribution in [3.05, 3.63) is 58.6 Å². The number of thiazole rings is 1. The largest absolute Gasteiger partial charge is 0.478 e. The number of rotatable bonds is 6. The maximum atomic E-state index is 12.2. The third kappa shape index (κ3) is 4.55. The number of carbonyl (C=O) groups is 1. The molecule has 3 aromatic rings. The summed E-state index contributed by atoms with van der Waals surface area (Å²) in [6, 6.07) is 11.0. The molecule has 0 aliphatic rings. The summed E-state index contributed by atoms with van der Waals surface area (Å²) in [5, 5.41) is 5.82. The molecule has 5 nitrogen and oxygen atoms in total. The summed E-state index contributed by atoms with van der Waals surface area (Å²) >= 11 is 7.45. The molecule has 1 aromatic carbocycles. The second-order valence-electron chi connectivity index (χ2n) is 5.17. The van der Waals surface area contributed by atoms with Crippen LogP contribution in [0, 0.1) is 0 Å². The van der Waals surface area contributed by atoms with Gasteiger partial charge in [-0.3, -0.25) is 4.79 Å². The second kappa shape index (κ2) is 8.09. The number of carbonyl (C=O) groups excluding carboxylic acids is 1. The molecule has 0 aliphatic carbocycles. The van der Waals surface area contributed by atoms with E-state index in [9.17, 15) is 4.79 Å². The molecular formula is C18H16ClN3O2S. The van der Waals surface area contributed by atoms with E-state index < -0.39 is 0 Å². The van der Waals surface area contributed by atoms with Crippen LogP contribution in [0.25, 0.3) is 11.3 Å². The molecule has 25 heavy (non-hydrogen) atoms. The highest BCUT2D eigenvalue weighted by Crippen LogP contribution is 2.26.